The van der Waals surface area contributed by atoms with Crippen LogP contribution in [0.4, 0.5) is 0 Å². The van der Waals surface area contributed by atoms with E-state index in [0.29, 0.717) is 0 Å². The second-order valence-corrected chi connectivity index (χ2v) is 18.3. The Kier molecular flexibility index (Phi) is 21.7. The van der Waals surface area contributed by atoms with E-state index < -0.39 is 0 Å². The molecule has 0 aliphatic carbocycles. The van der Waals surface area contributed by atoms with Gasteiger partial charge in [0.1, 0.15) is 11.4 Å². The number of aromatic nitrogens is 4. The van der Waals surface area contributed by atoms with Crippen LogP contribution in [0.3, 0.4) is 0 Å². The van der Waals surface area contributed by atoms with E-state index in [4.69, 9.17) is 20.2 Å². The van der Waals surface area contributed by atoms with Crippen LogP contribution in [-0.2, 0) is 0 Å². The average molecular weight is 711 g/mol. The van der Waals surface area contributed by atoms with Gasteiger partial charge in [0.05, 0.1) is 30.4 Å². The number of nitrogens with zero attached hydrogens (tertiary/aromatic N) is 4. The molecule has 0 bridgehead atoms. The van der Waals surface area contributed by atoms with Gasteiger partial charge in [0, 0.05) is 12.4 Å². The van der Waals surface area contributed by atoms with E-state index in [9.17, 15) is 0 Å². The first-order valence-corrected chi connectivity index (χ1v) is 23.0. The van der Waals surface area contributed by atoms with Gasteiger partial charge >= 0.3 is 0 Å². The van der Waals surface area contributed by atoms with Crippen molar-refractivity contribution in [3.63, 3.8) is 0 Å². The first-order valence-electron chi connectivity index (χ1n) is 20.6. The third-order valence-corrected chi connectivity index (χ3v) is 13.3. The molecular weight excluding hydrogens is 641 g/mol. The minimum atomic E-state index is 0.748. The van der Waals surface area contributed by atoms with Gasteiger partial charge in [-0.25, -0.2) is 0 Å². The monoisotopic (exact) mass is 711 g/mol. The van der Waals surface area contributed by atoms with Gasteiger partial charge in [-0.2, -0.15) is 0 Å². The maximum atomic E-state index is 4.76. The van der Waals surface area contributed by atoms with E-state index in [-0.39, 0.29) is 0 Å². The summed E-state index contributed by atoms with van der Waals surface area (Å²) < 4.78 is 0. The van der Waals surface area contributed by atoms with Crippen molar-refractivity contribution in [2.24, 2.45) is 23.7 Å². The summed E-state index contributed by atoms with van der Waals surface area (Å²) in [5, 5.41) is 12.0. The molecular formula is C44H70N4Si2. The Bertz CT molecular complexity index is 1180. The number of unbranched alkanes of at least 4 members (excludes halogenated alkanes) is 4. The summed E-state index contributed by atoms with van der Waals surface area (Å²) in [7, 11) is 1.50. The fourth-order valence-electron chi connectivity index (χ4n) is 7.13. The summed E-state index contributed by atoms with van der Waals surface area (Å²) in [6.07, 6.45) is 28.4. The zero-order valence-corrected chi connectivity index (χ0v) is 34.9. The fraction of sp³-hybridized carbons (Fsp3) is 0.682. The van der Waals surface area contributed by atoms with Crippen LogP contribution in [0.25, 0.3) is 22.8 Å². The Balaban J connectivity index is 1.42. The van der Waals surface area contributed by atoms with Gasteiger partial charge in [0.15, 0.2) is 0 Å². The normalized spacial score (nSPS) is 14.0. The molecule has 3 aromatic rings. The highest BCUT2D eigenvalue weighted by molar-refractivity contribution is 6.55. The van der Waals surface area contributed by atoms with E-state index in [1.165, 1.54) is 138 Å². The van der Waals surface area contributed by atoms with Gasteiger partial charge in [-0.1, -0.05) is 181 Å². The lowest BCUT2D eigenvalue weighted by atomic mass is 9.93. The first-order chi connectivity index (χ1) is 24.4. The number of hydrogen-bond acceptors (Lipinski definition) is 4. The Labute approximate surface area is 312 Å². The van der Waals surface area contributed by atoms with Crippen LogP contribution in [0.2, 0.25) is 12.1 Å². The summed E-state index contributed by atoms with van der Waals surface area (Å²) in [5.74, 6) is 3.41. The highest BCUT2D eigenvalue weighted by Gasteiger charge is 2.14. The molecule has 4 unspecified atom stereocenters. The highest BCUT2D eigenvalue weighted by Crippen LogP contribution is 2.23. The van der Waals surface area contributed by atoms with E-state index in [2.05, 4.69) is 77.9 Å². The van der Waals surface area contributed by atoms with Crippen LogP contribution in [0.1, 0.15) is 157 Å². The third kappa shape index (κ3) is 16.9. The molecule has 3 heterocycles. The largest absolute Gasteiger partial charge is 0.255 e. The van der Waals surface area contributed by atoms with Crippen molar-refractivity contribution in [2.45, 2.75) is 169 Å². The van der Waals surface area contributed by atoms with Crippen molar-refractivity contribution in [3.8, 4) is 22.8 Å². The van der Waals surface area contributed by atoms with E-state index in [0.717, 1.165) is 65.5 Å². The van der Waals surface area contributed by atoms with Gasteiger partial charge in [-0.3, -0.25) is 9.97 Å². The molecule has 0 aromatic carbocycles. The average Bonchev–Trinajstić information content (AvgIpc) is 3.12. The van der Waals surface area contributed by atoms with Gasteiger partial charge < -0.3 is 0 Å². The highest BCUT2D eigenvalue weighted by atomic mass is 28.2. The molecule has 6 heteroatoms. The minimum Gasteiger partial charge on any atom is -0.255 e. The number of rotatable bonds is 28. The SMILES string of the molecule is CCCCCC(C)CCCC(C)CCC[Si]c1cccnc1-c1ccc(-c2ncccc2[Si]CCCC(C)CCCC(C)CCCCC)nn1. The summed E-state index contributed by atoms with van der Waals surface area (Å²) in [6, 6.07) is 15.2. The van der Waals surface area contributed by atoms with Crippen molar-refractivity contribution in [1.29, 1.82) is 0 Å². The van der Waals surface area contributed by atoms with Gasteiger partial charge in [0.2, 0.25) is 0 Å². The van der Waals surface area contributed by atoms with Crippen LogP contribution in [0, 0.1) is 23.7 Å². The Morgan fingerprint density at radius 1 is 0.460 bits per heavy atom. The molecule has 0 saturated heterocycles. The van der Waals surface area contributed by atoms with Crippen molar-refractivity contribution in [3.05, 3.63) is 48.8 Å². The third-order valence-electron chi connectivity index (χ3n) is 10.5. The summed E-state index contributed by atoms with van der Waals surface area (Å²) in [5.41, 5.74) is 3.70. The second-order valence-electron chi connectivity index (χ2n) is 15.5. The lowest BCUT2D eigenvalue weighted by Crippen LogP contribution is -2.20. The van der Waals surface area contributed by atoms with E-state index in [1.807, 2.05) is 12.4 Å². The molecule has 3 aromatic heterocycles. The Morgan fingerprint density at radius 2 is 0.820 bits per heavy atom. The molecule has 50 heavy (non-hydrogen) atoms. The predicted octanol–water partition coefficient (Wildman–Crippen LogP) is 11.7. The zero-order chi connectivity index (χ0) is 35.8. The molecule has 274 valence electrons. The van der Waals surface area contributed by atoms with Crippen molar-refractivity contribution in [2.75, 3.05) is 0 Å². The number of hydrogen-bond donors (Lipinski definition) is 0. The van der Waals surface area contributed by atoms with E-state index >= 15 is 0 Å². The molecule has 0 N–H and O–H groups in total. The maximum absolute atomic E-state index is 4.76. The van der Waals surface area contributed by atoms with Crippen molar-refractivity contribution in [1.82, 2.24) is 20.2 Å². The summed E-state index contributed by atoms with van der Waals surface area (Å²) >= 11 is 0. The van der Waals surface area contributed by atoms with Crippen LogP contribution in [-0.4, -0.2) is 39.2 Å². The van der Waals surface area contributed by atoms with Gasteiger partial charge in [-0.15, -0.1) is 10.2 Å². The number of pyridine rings is 2. The predicted molar refractivity (Wildman–Crippen MR) is 220 cm³/mol. The van der Waals surface area contributed by atoms with Crippen molar-refractivity contribution >= 4 is 29.4 Å². The Hall–Kier alpha value is -2.19. The molecule has 0 amide bonds. The zero-order valence-electron chi connectivity index (χ0n) is 32.9. The second kappa shape index (κ2) is 25.7. The lowest BCUT2D eigenvalue weighted by Gasteiger charge is -2.14. The molecule has 0 spiro atoms. The molecule has 4 radical (unpaired) electrons. The molecule has 0 saturated carbocycles. The quantitative estimate of drug-likeness (QED) is 0.0556. The molecule has 4 nitrogen and oxygen atoms in total. The lowest BCUT2D eigenvalue weighted by molar-refractivity contribution is 0.400. The smallest absolute Gasteiger partial charge is 0.111 e. The summed E-state index contributed by atoms with van der Waals surface area (Å²) in [6.45, 7) is 14.4. The Morgan fingerprint density at radius 3 is 1.18 bits per heavy atom. The maximum Gasteiger partial charge on any atom is 0.111 e. The minimum absolute atomic E-state index is 0.748. The standard InChI is InChI=1S/C44H70N4Si2/c1-7-9-11-19-35(3)21-13-23-37(5)25-17-33-49-41-27-15-31-45-43(41)39-29-30-40(48-47-39)44-42(28-16-32-46-44)50-34-18-26-38(6)24-14-22-36(4)20-12-10-8-2/h15-16,27-32,35-38H,7-14,17-26,33-34H2,1-6H3. The van der Waals surface area contributed by atoms with Crippen molar-refractivity contribution < 1.29 is 0 Å². The van der Waals surface area contributed by atoms with Crippen LogP contribution in [0.5, 0.6) is 0 Å². The topological polar surface area (TPSA) is 51.6 Å². The molecule has 0 aliphatic heterocycles. The molecule has 4 atom stereocenters. The fourth-order valence-corrected chi connectivity index (χ4v) is 9.58. The van der Waals surface area contributed by atoms with Gasteiger partial charge in [0.25, 0.3) is 0 Å². The first kappa shape index (κ1) is 42.2. The van der Waals surface area contributed by atoms with Gasteiger partial charge in [-0.05, 0) is 58.3 Å². The molecule has 0 fully saturated rings. The summed E-state index contributed by atoms with van der Waals surface area (Å²) in [4.78, 5) is 9.52. The van der Waals surface area contributed by atoms with Crippen LogP contribution < -0.4 is 10.4 Å². The molecule has 3 rings (SSSR count). The van der Waals surface area contributed by atoms with Crippen LogP contribution in [0.15, 0.2) is 48.8 Å². The van der Waals surface area contributed by atoms with Crippen LogP contribution >= 0.6 is 0 Å². The van der Waals surface area contributed by atoms with E-state index in [1.54, 1.807) is 0 Å². The molecule has 0 aliphatic rings.